The second kappa shape index (κ2) is 4.67. The normalized spacial score (nSPS) is 20.2. The zero-order chi connectivity index (χ0) is 15.4. The van der Waals surface area contributed by atoms with Crippen LogP contribution < -0.4 is 5.46 Å². The molecule has 0 saturated carbocycles. The summed E-state index contributed by atoms with van der Waals surface area (Å²) < 4.78 is 12.1. The highest BCUT2D eigenvalue weighted by atomic mass is 35.5. The molecular formula is C15H18BClN2O2. The fourth-order valence-corrected chi connectivity index (χ4v) is 2.66. The summed E-state index contributed by atoms with van der Waals surface area (Å²) >= 11 is 6.35. The van der Waals surface area contributed by atoms with Crippen molar-refractivity contribution in [3.63, 3.8) is 0 Å². The van der Waals surface area contributed by atoms with E-state index in [9.17, 15) is 0 Å². The Labute approximate surface area is 130 Å². The van der Waals surface area contributed by atoms with Gasteiger partial charge in [0.1, 0.15) is 6.33 Å². The van der Waals surface area contributed by atoms with Crippen molar-refractivity contribution >= 4 is 35.1 Å². The minimum Gasteiger partial charge on any atom is -0.399 e. The highest BCUT2D eigenvalue weighted by Crippen LogP contribution is 2.37. The van der Waals surface area contributed by atoms with E-state index in [4.69, 9.17) is 20.9 Å². The number of hydrogen-bond acceptors (Lipinski definition) is 4. The highest BCUT2D eigenvalue weighted by Gasteiger charge is 2.51. The van der Waals surface area contributed by atoms with Gasteiger partial charge >= 0.3 is 7.12 Å². The molecule has 1 aliphatic rings. The molecule has 2 aromatic rings. The summed E-state index contributed by atoms with van der Waals surface area (Å²) in [5.74, 6) is 0. The van der Waals surface area contributed by atoms with Gasteiger partial charge in [0.05, 0.1) is 21.7 Å². The molecule has 110 valence electrons. The molecule has 1 saturated heterocycles. The van der Waals surface area contributed by atoms with Gasteiger partial charge in [0.15, 0.2) is 0 Å². The third kappa shape index (κ3) is 2.33. The van der Waals surface area contributed by atoms with Crippen molar-refractivity contribution in [1.82, 2.24) is 9.97 Å². The molecule has 0 N–H and O–H groups in total. The number of hydrogen-bond donors (Lipinski definition) is 0. The molecular weight excluding hydrogens is 286 g/mol. The van der Waals surface area contributed by atoms with E-state index >= 15 is 0 Å². The maximum Gasteiger partial charge on any atom is 0.494 e. The number of fused-ring (bicyclic) bond motifs is 1. The third-order valence-corrected chi connectivity index (χ3v) is 4.73. The van der Waals surface area contributed by atoms with Crippen LogP contribution in [0.2, 0.25) is 5.02 Å². The van der Waals surface area contributed by atoms with Crippen LogP contribution in [0.15, 0.2) is 18.5 Å². The Bertz CT molecular complexity index is 702. The van der Waals surface area contributed by atoms with Crippen LogP contribution in [0, 0.1) is 6.92 Å². The van der Waals surface area contributed by atoms with E-state index in [0.717, 1.165) is 22.1 Å². The van der Waals surface area contributed by atoms with Crippen molar-refractivity contribution < 1.29 is 9.31 Å². The molecule has 0 radical (unpaired) electrons. The van der Waals surface area contributed by atoms with Gasteiger partial charge in [-0.15, -0.1) is 0 Å². The van der Waals surface area contributed by atoms with Gasteiger partial charge in [-0.2, -0.15) is 0 Å². The molecule has 0 atom stereocenters. The molecule has 1 aromatic carbocycles. The van der Waals surface area contributed by atoms with Crippen LogP contribution in [0.4, 0.5) is 0 Å². The van der Waals surface area contributed by atoms with Crippen molar-refractivity contribution in [2.45, 2.75) is 45.8 Å². The highest BCUT2D eigenvalue weighted by molar-refractivity contribution is 6.63. The lowest BCUT2D eigenvalue weighted by atomic mass is 9.78. The molecule has 21 heavy (non-hydrogen) atoms. The zero-order valence-electron chi connectivity index (χ0n) is 12.9. The standard InChI is InChI=1S/C15H18BClN2O2/c1-9-11-6-10(7-12(17)13(11)19-8-18-9)16-20-14(2,3)15(4,5)21-16/h6-8H,1-5H3. The molecule has 0 unspecified atom stereocenters. The van der Waals surface area contributed by atoms with Crippen LogP contribution in [0.1, 0.15) is 33.4 Å². The van der Waals surface area contributed by atoms with Gasteiger partial charge in [-0.25, -0.2) is 9.97 Å². The summed E-state index contributed by atoms with van der Waals surface area (Å²) in [6, 6.07) is 3.86. The number of benzene rings is 1. The van der Waals surface area contributed by atoms with Gasteiger partial charge in [-0.05, 0) is 46.1 Å². The van der Waals surface area contributed by atoms with Crippen molar-refractivity contribution in [2.24, 2.45) is 0 Å². The Kier molecular flexibility index (Phi) is 3.28. The lowest BCUT2D eigenvalue weighted by Gasteiger charge is -2.32. The van der Waals surface area contributed by atoms with Gasteiger partial charge in [0, 0.05) is 11.1 Å². The summed E-state index contributed by atoms with van der Waals surface area (Å²) in [4.78, 5) is 8.46. The van der Waals surface area contributed by atoms with Gasteiger partial charge in [0.2, 0.25) is 0 Å². The van der Waals surface area contributed by atoms with Gasteiger partial charge < -0.3 is 9.31 Å². The molecule has 1 aromatic heterocycles. The molecule has 0 amide bonds. The second-order valence-corrected chi connectivity index (χ2v) is 6.85. The fraction of sp³-hybridized carbons (Fsp3) is 0.467. The molecule has 1 fully saturated rings. The van der Waals surface area contributed by atoms with Crippen LogP contribution in [-0.4, -0.2) is 28.3 Å². The largest absolute Gasteiger partial charge is 0.494 e. The average molecular weight is 305 g/mol. The van der Waals surface area contributed by atoms with Crippen molar-refractivity contribution in [1.29, 1.82) is 0 Å². The smallest absolute Gasteiger partial charge is 0.399 e. The fourth-order valence-electron chi connectivity index (χ4n) is 2.39. The van der Waals surface area contributed by atoms with Gasteiger partial charge in [-0.3, -0.25) is 0 Å². The molecule has 3 rings (SSSR count). The first-order chi connectivity index (χ1) is 9.71. The first-order valence-electron chi connectivity index (χ1n) is 6.98. The minimum atomic E-state index is -0.434. The SMILES string of the molecule is Cc1ncnc2c(Cl)cc(B3OC(C)(C)C(C)(C)O3)cc12. The van der Waals surface area contributed by atoms with Gasteiger partial charge in [-0.1, -0.05) is 17.7 Å². The Morgan fingerprint density at radius 2 is 1.67 bits per heavy atom. The van der Waals surface area contributed by atoms with Crippen LogP contribution in [0.5, 0.6) is 0 Å². The summed E-state index contributed by atoms with van der Waals surface area (Å²) in [5, 5.41) is 1.51. The first-order valence-corrected chi connectivity index (χ1v) is 7.35. The summed E-state index contributed by atoms with van der Waals surface area (Å²) in [5.41, 5.74) is 1.79. The Hall–Kier alpha value is -1.17. The summed E-state index contributed by atoms with van der Waals surface area (Å²) in [7, 11) is -0.434. The molecule has 6 heteroatoms. The number of nitrogens with zero attached hydrogens (tertiary/aromatic N) is 2. The van der Waals surface area contributed by atoms with Crippen LogP contribution in [-0.2, 0) is 9.31 Å². The van der Waals surface area contributed by atoms with E-state index in [1.54, 1.807) is 0 Å². The maximum absolute atomic E-state index is 6.35. The van der Waals surface area contributed by atoms with E-state index in [2.05, 4.69) is 9.97 Å². The lowest BCUT2D eigenvalue weighted by Crippen LogP contribution is -2.41. The maximum atomic E-state index is 6.35. The topological polar surface area (TPSA) is 44.2 Å². The predicted molar refractivity (Wildman–Crippen MR) is 85.0 cm³/mol. The van der Waals surface area contributed by atoms with E-state index in [-0.39, 0.29) is 11.2 Å². The monoisotopic (exact) mass is 304 g/mol. The molecule has 1 aliphatic heterocycles. The van der Waals surface area contributed by atoms with Crippen molar-refractivity contribution in [3.05, 3.63) is 29.2 Å². The number of halogens is 1. The van der Waals surface area contributed by atoms with Crippen molar-refractivity contribution in [3.8, 4) is 0 Å². The third-order valence-electron chi connectivity index (χ3n) is 4.44. The molecule has 2 heterocycles. The molecule has 4 nitrogen and oxygen atoms in total. The van der Waals surface area contributed by atoms with E-state index < -0.39 is 7.12 Å². The van der Waals surface area contributed by atoms with E-state index in [1.807, 2.05) is 46.8 Å². The minimum absolute atomic E-state index is 0.374. The Morgan fingerprint density at radius 3 is 2.29 bits per heavy atom. The number of rotatable bonds is 1. The quantitative estimate of drug-likeness (QED) is 0.760. The molecule has 0 bridgehead atoms. The number of aryl methyl sites for hydroxylation is 1. The average Bonchev–Trinajstić information content (AvgIpc) is 2.60. The second-order valence-electron chi connectivity index (χ2n) is 6.45. The van der Waals surface area contributed by atoms with Crippen molar-refractivity contribution in [2.75, 3.05) is 0 Å². The van der Waals surface area contributed by atoms with Gasteiger partial charge in [0.25, 0.3) is 0 Å². The molecule has 0 spiro atoms. The predicted octanol–water partition coefficient (Wildman–Crippen LogP) is 2.89. The Balaban J connectivity index is 2.09. The summed E-state index contributed by atoms with van der Waals surface area (Å²) in [6.07, 6.45) is 1.53. The lowest BCUT2D eigenvalue weighted by molar-refractivity contribution is 0.00578. The van der Waals surface area contributed by atoms with Crippen LogP contribution in [0.25, 0.3) is 10.9 Å². The number of aromatic nitrogens is 2. The van der Waals surface area contributed by atoms with Crippen LogP contribution in [0.3, 0.4) is 0 Å². The van der Waals surface area contributed by atoms with E-state index in [0.29, 0.717) is 5.02 Å². The Morgan fingerprint density at radius 1 is 1.05 bits per heavy atom. The van der Waals surface area contributed by atoms with Crippen LogP contribution >= 0.6 is 11.6 Å². The zero-order valence-corrected chi connectivity index (χ0v) is 13.7. The molecule has 0 aliphatic carbocycles. The van der Waals surface area contributed by atoms with E-state index in [1.165, 1.54) is 6.33 Å². The first kappa shape index (κ1) is 14.8. The summed E-state index contributed by atoms with van der Waals surface area (Å²) in [6.45, 7) is 10.1.